The maximum atomic E-state index is 13.0. The average molecular weight is 338 g/mol. The first-order valence-corrected chi connectivity index (χ1v) is 8.81. The molecule has 1 aromatic carbocycles. The molecule has 1 aliphatic heterocycles. The zero-order valence-electron chi connectivity index (χ0n) is 13.5. The Balaban J connectivity index is 1.94. The summed E-state index contributed by atoms with van der Waals surface area (Å²) >= 11 is 1.54. The predicted molar refractivity (Wildman–Crippen MR) is 90.4 cm³/mol. The second kappa shape index (κ2) is 7.81. The molecule has 2 amide bonds. The molecule has 3 atom stereocenters. The summed E-state index contributed by atoms with van der Waals surface area (Å²) in [6, 6.07) is 6.35. The molecule has 0 unspecified atom stereocenters. The number of rotatable bonds is 5. The average Bonchev–Trinajstić information content (AvgIpc) is 2.54. The highest BCUT2D eigenvalue weighted by molar-refractivity contribution is 8.00. The van der Waals surface area contributed by atoms with Crippen molar-refractivity contribution in [2.24, 2.45) is 11.7 Å². The van der Waals surface area contributed by atoms with Crippen molar-refractivity contribution < 1.29 is 14.0 Å². The highest BCUT2D eigenvalue weighted by Crippen LogP contribution is 2.33. The first kappa shape index (κ1) is 17.8. The van der Waals surface area contributed by atoms with Crippen molar-refractivity contribution in [2.75, 3.05) is 13.1 Å². The quantitative estimate of drug-likeness (QED) is 0.898. The Hall–Kier alpha value is -1.56. The van der Waals surface area contributed by atoms with Crippen molar-refractivity contribution in [3.8, 4) is 0 Å². The van der Waals surface area contributed by atoms with Crippen molar-refractivity contribution in [3.63, 3.8) is 0 Å². The van der Waals surface area contributed by atoms with E-state index in [9.17, 15) is 14.0 Å². The van der Waals surface area contributed by atoms with Crippen LogP contribution < -0.4 is 5.73 Å². The molecule has 1 aromatic rings. The number of piperidine rings is 1. The van der Waals surface area contributed by atoms with E-state index in [1.54, 1.807) is 28.8 Å². The lowest BCUT2D eigenvalue weighted by Crippen LogP contribution is -2.46. The van der Waals surface area contributed by atoms with Crippen LogP contribution in [-0.4, -0.2) is 35.1 Å². The van der Waals surface area contributed by atoms with Gasteiger partial charge >= 0.3 is 0 Å². The summed E-state index contributed by atoms with van der Waals surface area (Å²) in [5, 5.41) is -0.132. The largest absolute Gasteiger partial charge is 0.369 e. The fourth-order valence-electron chi connectivity index (χ4n) is 2.84. The summed E-state index contributed by atoms with van der Waals surface area (Å²) in [5.41, 5.74) is 6.35. The van der Waals surface area contributed by atoms with Gasteiger partial charge in [-0.3, -0.25) is 9.59 Å². The Morgan fingerprint density at radius 3 is 2.57 bits per heavy atom. The zero-order chi connectivity index (χ0) is 17.0. The summed E-state index contributed by atoms with van der Waals surface area (Å²) in [5.74, 6) is -0.794. The predicted octanol–water partition coefficient (Wildman–Crippen LogP) is 2.73. The summed E-state index contributed by atoms with van der Waals surface area (Å²) in [7, 11) is 0. The first-order chi connectivity index (χ1) is 10.9. The van der Waals surface area contributed by atoms with E-state index in [2.05, 4.69) is 0 Å². The summed E-state index contributed by atoms with van der Waals surface area (Å²) in [4.78, 5) is 25.7. The Labute approximate surface area is 140 Å². The smallest absolute Gasteiger partial charge is 0.235 e. The molecule has 0 aliphatic carbocycles. The van der Waals surface area contributed by atoms with Gasteiger partial charge in [-0.05, 0) is 44.4 Å². The number of hydrogen-bond acceptors (Lipinski definition) is 3. The van der Waals surface area contributed by atoms with E-state index >= 15 is 0 Å². The number of nitrogens with zero attached hydrogens (tertiary/aromatic N) is 1. The third-order valence-electron chi connectivity index (χ3n) is 4.23. The van der Waals surface area contributed by atoms with Crippen molar-refractivity contribution in [3.05, 3.63) is 35.6 Å². The molecule has 1 saturated heterocycles. The van der Waals surface area contributed by atoms with Gasteiger partial charge in [-0.25, -0.2) is 4.39 Å². The second-order valence-electron chi connectivity index (χ2n) is 6.00. The third kappa shape index (κ3) is 4.70. The fourth-order valence-corrected chi connectivity index (χ4v) is 4.04. The highest BCUT2D eigenvalue weighted by Gasteiger charge is 2.30. The maximum Gasteiger partial charge on any atom is 0.235 e. The number of thioether (sulfide) groups is 1. The van der Waals surface area contributed by atoms with E-state index in [-0.39, 0.29) is 34.0 Å². The number of nitrogens with two attached hydrogens (primary N) is 1. The van der Waals surface area contributed by atoms with Crippen LogP contribution in [0.25, 0.3) is 0 Å². The van der Waals surface area contributed by atoms with Crippen LogP contribution >= 0.6 is 11.8 Å². The Morgan fingerprint density at radius 2 is 1.96 bits per heavy atom. The van der Waals surface area contributed by atoms with Crippen molar-refractivity contribution in [1.82, 2.24) is 4.90 Å². The number of amides is 2. The van der Waals surface area contributed by atoms with E-state index in [1.807, 2.05) is 13.8 Å². The van der Waals surface area contributed by atoms with E-state index in [0.717, 1.165) is 18.4 Å². The number of carbonyl (C=O) groups excluding carboxylic acids is 2. The van der Waals surface area contributed by atoms with E-state index in [1.165, 1.54) is 12.1 Å². The Kier molecular flexibility index (Phi) is 6.04. The number of hydrogen-bond donors (Lipinski definition) is 1. The summed E-state index contributed by atoms with van der Waals surface area (Å²) in [6.07, 6.45) is 1.57. The summed E-state index contributed by atoms with van der Waals surface area (Å²) < 4.78 is 13.0. The van der Waals surface area contributed by atoms with Gasteiger partial charge in [0.25, 0.3) is 0 Å². The van der Waals surface area contributed by atoms with Crippen LogP contribution in [0.15, 0.2) is 24.3 Å². The molecule has 0 saturated carbocycles. The molecular formula is C17H23FN2O2S. The standard InChI is InChI=1S/C17H23FN2O2S/c1-11(13-5-7-15(18)8-6-13)23-12(2)17(22)20-9-3-4-14(10-20)16(19)21/h5-8,11-12,14H,3-4,9-10H2,1-2H3,(H2,19,21)/t11-,12-,14+/m0/s1. The maximum absolute atomic E-state index is 13.0. The summed E-state index contributed by atoms with van der Waals surface area (Å²) in [6.45, 7) is 4.98. The molecule has 1 aliphatic rings. The monoisotopic (exact) mass is 338 g/mol. The van der Waals surface area contributed by atoms with Crippen LogP contribution in [0.4, 0.5) is 4.39 Å². The number of benzene rings is 1. The van der Waals surface area contributed by atoms with Crippen LogP contribution in [0.1, 0.15) is 37.5 Å². The number of likely N-dealkylation sites (tertiary alicyclic amines) is 1. The van der Waals surface area contributed by atoms with Gasteiger partial charge < -0.3 is 10.6 Å². The van der Waals surface area contributed by atoms with Crippen molar-refractivity contribution in [2.45, 2.75) is 37.2 Å². The topological polar surface area (TPSA) is 63.4 Å². The fraction of sp³-hybridized carbons (Fsp3) is 0.529. The van der Waals surface area contributed by atoms with Gasteiger partial charge in [0.2, 0.25) is 11.8 Å². The van der Waals surface area contributed by atoms with E-state index in [0.29, 0.717) is 13.1 Å². The number of halogens is 1. The lowest BCUT2D eigenvalue weighted by molar-refractivity contribution is -0.134. The molecule has 1 fully saturated rings. The molecule has 0 aromatic heterocycles. The van der Waals surface area contributed by atoms with Gasteiger partial charge in [0, 0.05) is 18.3 Å². The molecule has 6 heteroatoms. The molecule has 1 heterocycles. The minimum Gasteiger partial charge on any atom is -0.369 e. The van der Waals surface area contributed by atoms with Gasteiger partial charge in [0.05, 0.1) is 11.2 Å². The Morgan fingerprint density at radius 1 is 1.30 bits per heavy atom. The minimum atomic E-state index is -0.331. The van der Waals surface area contributed by atoms with Gasteiger partial charge in [-0.15, -0.1) is 11.8 Å². The second-order valence-corrected chi connectivity index (χ2v) is 7.68. The number of carbonyl (C=O) groups is 2. The third-order valence-corrected chi connectivity index (χ3v) is 5.52. The van der Waals surface area contributed by atoms with Gasteiger partial charge in [-0.1, -0.05) is 12.1 Å². The lowest BCUT2D eigenvalue weighted by Gasteiger charge is -2.33. The Bertz CT molecular complexity index is 564. The highest BCUT2D eigenvalue weighted by atomic mass is 32.2. The van der Waals surface area contributed by atoms with Crippen LogP contribution in [0, 0.1) is 11.7 Å². The normalized spacial score (nSPS) is 20.8. The van der Waals surface area contributed by atoms with Gasteiger partial charge in [0.15, 0.2) is 0 Å². The molecule has 0 bridgehead atoms. The van der Waals surface area contributed by atoms with E-state index < -0.39 is 0 Å². The molecule has 2 rings (SSSR count). The van der Waals surface area contributed by atoms with Crippen molar-refractivity contribution >= 4 is 23.6 Å². The van der Waals surface area contributed by atoms with Gasteiger partial charge in [0.1, 0.15) is 5.82 Å². The van der Waals surface area contributed by atoms with Crippen molar-refractivity contribution in [1.29, 1.82) is 0 Å². The number of primary amides is 1. The zero-order valence-corrected chi connectivity index (χ0v) is 14.3. The molecule has 126 valence electrons. The van der Waals surface area contributed by atoms with E-state index in [4.69, 9.17) is 5.73 Å². The molecule has 4 nitrogen and oxygen atoms in total. The minimum absolute atomic E-state index is 0.0370. The van der Waals surface area contributed by atoms with Gasteiger partial charge in [-0.2, -0.15) is 0 Å². The SMILES string of the molecule is C[C@H](S[C@@H](C)c1ccc(F)cc1)C(=O)N1CCC[C@@H](C(N)=O)C1. The first-order valence-electron chi connectivity index (χ1n) is 7.87. The van der Waals surface area contributed by atoms with Crippen LogP contribution in [0.3, 0.4) is 0 Å². The van der Waals surface area contributed by atoms with Crippen LogP contribution in [-0.2, 0) is 9.59 Å². The molecule has 0 spiro atoms. The lowest BCUT2D eigenvalue weighted by atomic mass is 9.97. The molecule has 2 N–H and O–H groups in total. The molecule has 0 radical (unpaired) electrons. The molecular weight excluding hydrogens is 315 g/mol. The molecule has 23 heavy (non-hydrogen) atoms. The van der Waals surface area contributed by atoms with Crippen LogP contribution in [0.2, 0.25) is 0 Å². The van der Waals surface area contributed by atoms with Crippen LogP contribution in [0.5, 0.6) is 0 Å².